The average molecular weight is 228 g/mol. The Morgan fingerprint density at radius 2 is 2.19 bits per heavy atom. The van der Waals surface area contributed by atoms with E-state index in [1.807, 2.05) is 13.8 Å². The molecule has 1 atom stereocenters. The van der Waals surface area contributed by atoms with Crippen LogP contribution in [0.4, 0.5) is 4.79 Å². The normalized spacial score (nSPS) is 20.5. The maximum absolute atomic E-state index is 11.5. The van der Waals surface area contributed by atoms with Crippen LogP contribution in [0.5, 0.6) is 0 Å². The van der Waals surface area contributed by atoms with Gasteiger partial charge in [-0.3, -0.25) is 0 Å². The average Bonchev–Trinajstić information content (AvgIpc) is 2.32. The van der Waals surface area contributed by atoms with Gasteiger partial charge in [0, 0.05) is 13.1 Å². The summed E-state index contributed by atoms with van der Waals surface area (Å²) in [5, 5.41) is 3.37. The van der Waals surface area contributed by atoms with Crippen molar-refractivity contribution in [2.45, 2.75) is 33.1 Å². The topological polar surface area (TPSA) is 41.6 Å². The van der Waals surface area contributed by atoms with E-state index in [4.69, 9.17) is 4.74 Å². The van der Waals surface area contributed by atoms with E-state index in [1.54, 1.807) is 4.90 Å². The molecule has 1 saturated heterocycles. The maximum atomic E-state index is 11.5. The van der Waals surface area contributed by atoms with E-state index >= 15 is 0 Å². The van der Waals surface area contributed by atoms with Crippen LogP contribution < -0.4 is 5.32 Å². The van der Waals surface area contributed by atoms with Gasteiger partial charge in [-0.05, 0) is 52.1 Å². The van der Waals surface area contributed by atoms with Gasteiger partial charge in [-0.15, -0.1) is 0 Å². The molecular formula is C12H24N2O2. The van der Waals surface area contributed by atoms with Crippen molar-refractivity contribution in [2.24, 2.45) is 5.92 Å². The second-order valence-electron chi connectivity index (χ2n) is 4.29. The molecule has 1 aliphatic rings. The van der Waals surface area contributed by atoms with E-state index in [0.29, 0.717) is 12.5 Å². The minimum Gasteiger partial charge on any atom is -0.449 e. The molecule has 1 aliphatic heterocycles. The Labute approximate surface area is 98.3 Å². The van der Waals surface area contributed by atoms with Gasteiger partial charge in [0.05, 0.1) is 6.61 Å². The summed E-state index contributed by atoms with van der Waals surface area (Å²) in [5.41, 5.74) is 0. The summed E-state index contributed by atoms with van der Waals surface area (Å²) in [6, 6.07) is 0. The number of nitrogens with one attached hydrogen (secondary N) is 1. The molecule has 94 valence electrons. The smallest absolute Gasteiger partial charge is 0.409 e. The second kappa shape index (κ2) is 7.49. The van der Waals surface area contributed by atoms with Gasteiger partial charge in [0.25, 0.3) is 0 Å². The van der Waals surface area contributed by atoms with Crippen LogP contribution >= 0.6 is 0 Å². The lowest BCUT2D eigenvalue weighted by atomic mass is 9.97. The molecule has 0 saturated carbocycles. The summed E-state index contributed by atoms with van der Waals surface area (Å²) < 4.78 is 5.25. The van der Waals surface area contributed by atoms with Crippen molar-refractivity contribution < 1.29 is 9.53 Å². The van der Waals surface area contributed by atoms with Gasteiger partial charge >= 0.3 is 6.09 Å². The Morgan fingerprint density at radius 3 is 2.75 bits per heavy atom. The first-order chi connectivity index (χ1) is 7.77. The molecule has 1 amide bonds. The van der Waals surface area contributed by atoms with Gasteiger partial charge in [-0.1, -0.05) is 0 Å². The van der Waals surface area contributed by atoms with Gasteiger partial charge in [0.1, 0.15) is 0 Å². The van der Waals surface area contributed by atoms with Crippen LogP contribution in [0, 0.1) is 5.92 Å². The Bertz CT molecular complexity index is 199. The summed E-state index contributed by atoms with van der Waals surface area (Å²) in [4.78, 5) is 13.2. The standard InChI is InChI=1S/C12H24N2O2/c1-3-14(4-2)12(15)16-9-7-11-6-5-8-13-10-11/h11,13H,3-10H2,1-2H3. The van der Waals surface area contributed by atoms with Crippen molar-refractivity contribution in [3.05, 3.63) is 0 Å². The van der Waals surface area contributed by atoms with Gasteiger partial charge in [-0.2, -0.15) is 0 Å². The largest absolute Gasteiger partial charge is 0.449 e. The SMILES string of the molecule is CCN(CC)C(=O)OCCC1CCCNC1. The number of ether oxygens (including phenoxy) is 1. The summed E-state index contributed by atoms with van der Waals surface area (Å²) in [6.07, 6.45) is 3.32. The molecule has 0 aromatic rings. The predicted molar refractivity (Wildman–Crippen MR) is 64.5 cm³/mol. The van der Waals surface area contributed by atoms with Gasteiger partial charge in [0.2, 0.25) is 0 Å². The van der Waals surface area contributed by atoms with Crippen LogP contribution in [0.25, 0.3) is 0 Å². The Balaban J connectivity index is 2.11. The quantitative estimate of drug-likeness (QED) is 0.781. The fourth-order valence-corrected chi connectivity index (χ4v) is 2.06. The van der Waals surface area contributed by atoms with E-state index in [0.717, 1.165) is 32.6 Å². The highest BCUT2D eigenvalue weighted by molar-refractivity contribution is 5.67. The molecule has 0 aromatic carbocycles. The van der Waals surface area contributed by atoms with E-state index in [2.05, 4.69) is 5.32 Å². The maximum Gasteiger partial charge on any atom is 0.409 e. The lowest BCUT2D eigenvalue weighted by molar-refractivity contribution is 0.0986. The molecule has 0 bridgehead atoms. The number of carbonyl (C=O) groups excluding carboxylic acids is 1. The first kappa shape index (κ1) is 13.3. The van der Waals surface area contributed by atoms with Crippen molar-refractivity contribution >= 4 is 6.09 Å². The van der Waals surface area contributed by atoms with Crippen LogP contribution in [-0.4, -0.2) is 43.8 Å². The molecular weight excluding hydrogens is 204 g/mol. The fraction of sp³-hybridized carbons (Fsp3) is 0.917. The molecule has 4 nitrogen and oxygen atoms in total. The number of hydrogen-bond acceptors (Lipinski definition) is 3. The van der Waals surface area contributed by atoms with Crippen LogP contribution in [0.1, 0.15) is 33.1 Å². The molecule has 1 N–H and O–H groups in total. The molecule has 1 rings (SSSR count). The number of carbonyl (C=O) groups is 1. The monoisotopic (exact) mass is 228 g/mol. The highest BCUT2D eigenvalue weighted by Crippen LogP contribution is 2.13. The van der Waals surface area contributed by atoms with E-state index < -0.39 is 0 Å². The first-order valence-corrected chi connectivity index (χ1v) is 6.40. The summed E-state index contributed by atoms with van der Waals surface area (Å²) in [7, 11) is 0. The minimum absolute atomic E-state index is 0.172. The van der Waals surface area contributed by atoms with Gasteiger partial charge in [-0.25, -0.2) is 4.79 Å². The highest BCUT2D eigenvalue weighted by atomic mass is 16.6. The molecule has 1 fully saturated rings. The van der Waals surface area contributed by atoms with Crippen molar-refractivity contribution in [3.63, 3.8) is 0 Å². The van der Waals surface area contributed by atoms with Gasteiger partial charge < -0.3 is 15.0 Å². The van der Waals surface area contributed by atoms with Crippen molar-refractivity contribution in [2.75, 3.05) is 32.8 Å². The molecule has 0 radical (unpaired) electrons. The van der Waals surface area contributed by atoms with Crippen LogP contribution in [-0.2, 0) is 4.74 Å². The van der Waals surface area contributed by atoms with Crippen molar-refractivity contribution in [1.29, 1.82) is 0 Å². The number of rotatable bonds is 5. The zero-order valence-electron chi connectivity index (χ0n) is 10.5. The minimum atomic E-state index is -0.172. The first-order valence-electron chi connectivity index (χ1n) is 6.40. The number of hydrogen-bond donors (Lipinski definition) is 1. The summed E-state index contributed by atoms with van der Waals surface area (Å²) in [6.45, 7) is 8.15. The molecule has 0 spiro atoms. The van der Waals surface area contributed by atoms with E-state index in [-0.39, 0.29) is 6.09 Å². The van der Waals surface area contributed by atoms with E-state index in [9.17, 15) is 4.79 Å². The van der Waals surface area contributed by atoms with Crippen LogP contribution in [0.15, 0.2) is 0 Å². The Kier molecular flexibility index (Phi) is 6.23. The van der Waals surface area contributed by atoms with Crippen molar-refractivity contribution in [1.82, 2.24) is 10.2 Å². The fourth-order valence-electron chi connectivity index (χ4n) is 2.06. The lowest BCUT2D eigenvalue weighted by Crippen LogP contribution is -2.33. The summed E-state index contributed by atoms with van der Waals surface area (Å²) in [5.74, 6) is 0.679. The van der Waals surface area contributed by atoms with Crippen LogP contribution in [0.3, 0.4) is 0 Å². The lowest BCUT2D eigenvalue weighted by Gasteiger charge is -2.23. The second-order valence-corrected chi connectivity index (χ2v) is 4.29. The van der Waals surface area contributed by atoms with Gasteiger partial charge in [0.15, 0.2) is 0 Å². The Hall–Kier alpha value is -0.770. The number of nitrogens with zero attached hydrogens (tertiary/aromatic N) is 1. The molecule has 4 heteroatoms. The summed E-state index contributed by atoms with van der Waals surface area (Å²) >= 11 is 0. The molecule has 0 aromatic heterocycles. The highest BCUT2D eigenvalue weighted by Gasteiger charge is 2.15. The van der Waals surface area contributed by atoms with Crippen LogP contribution in [0.2, 0.25) is 0 Å². The third-order valence-electron chi connectivity index (χ3n) is 3.17. The number of piperidine rings is 1. The van der Waals surface area contributed by atoms with E-state index in [1.165, 1.54) is 12.8 Å². The third kappa shape index (κ3) is 4.39. The molecule has 1 unspecified atom stereocenters. The molecule has 16 heavy (non-hydrogen) atoms. The zero-order valence-corrected chi connectivity index (χ0v) is 10.5. The number of amides is 1. The Morgan fingerprint density at radius 1 is 1.44 bits per heavy atom. The zero-order chi connectivity index (χ0) is 11.8. The molecule has 1 heterocycles. The predicted octanol–water partition coefficient (Wildman–Crippen LogP) is 1.85. The molecule has 0 aliphatic carbocycles. The third-order valence-corrected chi connectivity index (χ3v) is 3.17. The van der Waals surface area contributed by atoms with Crippen molar-refractivity contribution in [3.8, 4) is 0 Å².